The van der Waals surface area contributed by atoms with E-state index in [1.807, 2.05) is 12.1 Å². The predicted molar refractivity (Wildman–Crippen MR) is 76.4 cm³/mol. The van der Waals surface area contributed by atoms with Crippen LogP contribution >= 0.6 is 11.6 Å². The zero-order valence-corrected chi connectivity index (χ0v) is 12.0. The van der Waals surface area contributed by atoms with Gasteiger partial charge in [-0.05, 0) is 54.5 Å². The minimum atomic E-state index is 0.511. The molecule has 1 aromatic carbocycles. The summed E-state index contributed by atoms with van der Waals surface area (Å²) < 4.78 is 5.74. The molecule has 1 heterocycles. The van der Waals surface area contributed by atoms with Gasteiger partial charge in [0.2, 0.25) is 0 Å². The summed E-state index contributed by atoms with van der Waals surface area (Å²) >= 11 is 6.17. The van der Waals surface area contributed by atoms with Crippen LogP contribution in [-0.4, -0.2) is 13.2 Å². The zero-order valence-electron chi connectivity index (χ0n) is 11.2. The molecule has 0 aliphatic carbocycles. The molecular weight excluding hydrogens is 246 g/mol. The molecule has 0 spiro atoms. The quantitative estimate of drug-likeness (QED) is 0.887. The van der Waals surface area contributed by atoms with Crippen molar-refractivity contribution in [2.45, 2.75) is 33.1 Å². The number of hydrogen-bond acceptors (Lipinski definition) is 2. The molecule has 1 aromatic rings. The minimum absolute atomic E-state index is 0.511. The van der Waals surface area contributed by atoms with Gasteiger partial charge in [0.15, 0.2) is 0 Å². The number of halogens is 1. The standard InChI is InChI=1S/C15H22ClNO/c1-10(2)5-11(9-17)6-13-8-14(16)7-12-3-4-18-15(12)13/h7-8,10-11H,3-6,9,17H2,1-2H3. The molecular formula is C15H22ClNO. The summed E-state index contributed by atoms with van der Waals surface area (Å²) in [4.78, 5) is 0. The first-order valence-electron chi connectivity index (χ1n) is 6.74. The van der Waals surface area contributed by atoms with Gasteiger partial charge < -0.3 is 10.5 Å². The lowest BCUT2D eigenvalue weighted by atomic mass is 9.90. The SMILES string of the molecule is CC(C)CC(CN)Cc1cc(Cl)cc2c1OCC2. The lowest BCUT2D eigenvalue weighted by Gasteiger charge is -2.18. The second-order valence-electron chi connectivity index (χ2n) is 5.59. The molecule has 2 rings (SSSR count). The summed E-state index contributed by atoms with van der Waals surface area (Å²) in [6.45, 7) is 5.97. The third-order valence-electron chi connectivity index (χ3n) is 3.47. The number of ether oxygens (including phenoxy) is 1. The largest absolute Gasteiger partial charge is 0.493 e. The second kappa shape index (κ2) is 5.94. The summed E-state index contributed by atoms with van der Waals surface area (Å²) in [6, 6.07) is 4.06. The summed E-state index contributed by atoms with van der Waals surface area (Å²) in [7, 11) is 0. The topological polar surface area (TPSA) is 35.2 Å². The second-order valence-corrected chi connectivity index (χ2v) is 6.02. The highest BCUT2D eigenvalue weighted by molar-refractivity contribution is 6.30. The van der Waals surface area contributed by atoms with Crippen molar-refractivity contribution in [3.05, 3.63) is 28.3 Å². The Morgan fingerprint density at radius 2 is 2.17 bits per heavy atom. The molecule has 0 amide bonds. The number of benzene rings is 1. The third kappa shape index (κ3) is 3.18. The van der Waals surface area contributed by atoms with Gasteiger partial charge in [-0.2, -0.15) is 0 Å². The molecule has 0 aromatic heterocycles. The molecule has 1 aliphatic heterocycles. The maximum absolute atomic E-state index is 6.17. The van der Waals surface area contributed by atoms with Crippen LogP contribution in [0.1, 0.15) is 31.4 Å². The highest BCUT2D eigenvalue weighted by Crippen LogP contribution is 2.34. The van der Waals surface area contributed by atoms with E-state index in [9.17, 15) is 0 Å². The van der Waals surface area contributed by atoms with Crippen molar-refractivity contribution in [2.75, 3.05) is 13.2 Å². The van der Waals surface area contributed by atoms with Crippen molar-refractivity contribution in [3.8, 4) is 5.75 Å². The van der Waals surface area contributed by atoms with Gasteiger partial charge in [0.1, 0.15) is 5.75 Å². The van der Waals surface area contributed by atoms with E-state index in [4.69, 9.17) is 22.1 Å². The minimum Gasteiger partial charge on any atom is -0.493 e. The maximum Gasteiger partial charge on any atom is 0.125 e. The van der Waals surface area contributed by atoms with Crippen LogP contribution in [0.2, 0.25) is 5.02 Å². The van der Waals surface area contributed by atoms with Crippen LogP contribution in [-0.2, 0) is 12.8 Å². The van der Waals surface area contributed by atoms with E-state index < -0.39 is 0 Å². The third-order valence-corrected chi connectivity index (χ3v) is 3.69. The van der Waals surface area contributed by atoms with Gasteiger partial charge in [-0.1, -0.05) is 25.4 Å². The molecule has 3 heteroatoms. The van der Waals surface area contributed by atoms with Crippen molar-refractivity contribution in [3.63, 3.8) is 0 Å². The molecule has 100 valence electrons. The maximum atomic E-state index is 6.17. The van der Waals surface area contributed by atoms with Crippen LogP contribution in [0.5, 0.6) is 5.75 Å². The van der Waals surface area contributed by atoms with Crippen LogP contribution in [0.25, 0.3) is 0 Å². The highest BCUT2D eigenvalue weighted by atomic mass is 35.5. The fourth-order valence-corrected chi connectivity index (χ4v) is 3.00. The van der Waals surface area contributed by atoms with Crippen molar-refractivity contribution in [2.24, 2.45) is 17.6 Å². The van der Waals surface area contributed by atoms with E-state index in [2.05, 4.69) is 13.8 Å². The summed E-state index contributed by atoms with van der Waals surface area (Å²) in [5.41, 5.74) is 8.35. The van der Waals surface area contributed by atoms with E-state index in [-0.39, 0.29) is 0 Å². The van der Waals surface area contributed by atoms with Gasteiger partial charge in [-0.25, -0.2) is 0 Å². The Morgan fingerprint density at radius 3 is 2.83 bits per heavy atom. The van der Waals surface area contributed by atoms with Crippen molar-refractivity contribution >= 4 is 11.6 Å². The Balaban J connectivity index is 2.18. The average Bonchev–Trinajstić information content (AvgIpc) is 2.75. The van der Waals surface area contributed by atoms with Crippen molar-refractivity contribution < 1.29 is 4.74 Å². The summed E-state index contributed by atoms with van der Waals surface area (Å²) in [6.07, 6.45) is 3.09. The normalized spacial score (nSPS) is 15.6. The van der Waals surface area contributed by atoms with Gasteiger partial charge in [0, 0.05) is 11.4 Å². The molecule has 0 saturated heterocycles. The molecule has 0 bridgehead atoms. The molecule has 0 radical (unpaired) electrons. The molecule has 0 fully saturated rings. The molecule has 1 aliphatic rings. The van der Waals surface area contributed by atoms with Crippen LogP contribution in [0.4, 0.5) is 0 Å². The number of nitrogens with two attached hydrogens (primary N) is 1. The van der Waals surface area contributed by atoms with E-state index in [1.54, 1.807) is 0 Å². The highest BCUT2D eigenvalue weighted by Gasteiger charge is 2.20. The van der Waals surface area contributed by atoms with E-state index >= 15 is 0 Å². The average molecular weight is 268 g/mol. The molecule has 1 unspecified atom stereocenters. The Morgan fingerprint density at radius 1 is 1.39 bits per heavy atom. The van der Waals surface area contributed by atoms with Gasteiger partial charge in [0.05, 0.1) is 6.61 Å². The summed E-state index contributed by atoms with van der Waals surface area (Å²) in [5.74, 6) is 2.24. The van der Waals surface area contributed by atoms with Crippen LogP contribution < -0.4 is 10.5 Å². The predicted octanol–water partition coefficient (Wildman–Crippen LogP) is 3.44. The smallest absolute Gasteiger partial charge is 0.125 e. The molecule has 2 nitrogen and oxygen atoms in total. The lowest BCUT2D eigenvalue weighted by molar-refractivity contribution is 0.347. The van der Waals surface area contributed by atoms with Crippen LogP contribution in [0, 0.1) is 11.8 Å². The van der Waals surface area contributed by atoms with Crippen molar-refractivity contribution in [1.82, 2.24) is 0 Å². The van der Waals surface area contributed by atoms with E-state index in [0.717, 1.165) is 43.2 Å². The number of rotatable bonds is 5. The fourth-order valence-electron chi connectivity index (χ4n) is 2.74. The Kier molecular flexibility index (Phi) is 4.52. The molecule has 2 N–H and O–H groups in total. The van der Waals surface area contributed by atoms with Gasteiger partial charge in [-0.3, -0.25) is 0 Å². The summed E-state index contributed by atoms with van der Waals surface area (Å²) in [5, 5.41) is 0.814. The molecule has 1 atom stereocenters. The molecule has 18 heavy (non-hydrogen) atoms. The first-order chi connectivity index (χ1) is 8.60. The Hall–Kier alpha value is -0.730. The number of fused-ring (bicyclic) bond motifs is 1. The van der Waals surface area contributed by atoms with Crippen LogP contribution in [0.15, 0.2) is 12.1 Å². The monoisotopic (exact) mass is 267 g/mol. The zero-order chi connectivity index (χ0) is 13.1. The van der Waals surface area contributed by atoms with Gasteiger partial charge in [0.25, 0.3) is 0 Å². The van der Waals surface area contributed by atoms with E-state index in [0.29, 0.717) is 11.8 Å². The van der Waals surface area contributed by atoms with Gasteiger partial charge in [-0.15, -0.1) is 0 Å². The Labute approximate surface area is 114 Å². The first-order valence-corrected chi connectivity index (χ1v) is 7.12. The van der Waals surface area contributed by atoms with Gasteiger partial charge >= 0.3 is 0 Å². The molecule has 0 saturated carbocycles. The number of hydrogen-bond donors (Lipinski definition) is 1. The van der Waals surface area contributed by atoms with Crippen molar-refractivity contribution in [1.29, 1.82) is 0 Å². The lowest BCUT2D eigenvalue weighted by Crippen LogP contribution is -2.19. The fraction of sp³-hybridized carbons (Fsp3) is 0.600. The Bertz CT molecular complexity index is 417. The van der Waals surface area contributed by atoms with Crippen LogP contribution in [0.3, 0.4) is 0 Å². The van der Waals surface area contributed by atoms with E-state index in [1.165, 1.54) is 11.1 Å². The first kappa shape index (κ1) is 13.7.